The molecule has 7 nitrogen and oxygen atoms in total. The van der Waals surface area contributed by atoms with Gasteiger partial charge in [-0.15, -0.1) is 12.4 Å². The van der Waals surface area contributed by atoms with Gasteiger partial charge < -0.3 is 20.5 Å². The van der Waals surface area contributed by atoms with Crippen molar-refractivity contribution in [2.24, 2.45) is 5.73 Å². The zero-order chi connectivity index (χ0) is 19.1. The van der Waals surface area contributed by atoms with Crippen LogP contribution in [-0.4, -0.2) is 46.4 Å². The molecule has 26 heavy (non-hydrogen) atoms. The fourth-order valence-corrected chi connectivity index (χ4v) is 3.73. The van der Waals surface area contributed by atoms with Crippen LogP contribution >= 0.6 is 12.4 Å². The summed E-state index contributed by atoms with van der Waals surface area (Å²) in [6.45, 7) is 4.20. The molecule has 0 bridgehead atoms. The Morgan fingerprint density at radius 3 is 2.19 bits per heavy atom. The van der Waals surface area contributed by atoms with Gasteiger partial charge >= 0.3 is 0 Å². The van der Waals surface area contributed by atoms with Crippen LogP contribution in [0.2, 0.25) is 0 Å². The zero-order valence-electron chi connectivity index (χ0n) is 15.7. The molecular formula is C17H29ClN2O5S. The third-order valence-corrected chi connectivity index (χ3v) is 6.17. The molecular weight excluding hydrogens is 380 g/mol. The minimum atomic E-state index is -3.62. The summed E-state index contributed by atoms with van der Waals surface area (Å²) in [6, 6.07) is 4.37. The number of benzene rings is 1. The molecule has 9 heteroatoms. The van der Waals surface area contributed by atoms with E-state index in [9.17, 15) is 13.2 Å². The van der Waals surface area contributed by atoms with Gasteiger partial charge in [0.25, 0.3) is 0 Å². The number of nitrogens with two attached hydrogens (primary N) is 1. The van der Waals surface area contributed by atoms with Crippen molar-refractivity contribution in [3.05, 3.63) is 18.2 Å². The Balaban J connectivity index is 0.00000625. The van der Waals surface area contributed by atoms with Crippen LogP contribution in [0, 0.1) is 0 Å². The number of hydrogen-bond donors (Lipinski definition) is 2. The lowest BCUT2D eigenvalue weighted by molar-refractivity contribution is -0.122. The van der Waals surface area contributed by atoms with Crippen molar-refractivity contribution >= 4 is 28.2 Å². The van der Waals surface area contributed by atoms with Crippen molar-refractivity contribution in [3.63, 3.8) is 0 Å². The number of carbonyl (C=O) groups is 1. The molecule has 1 aromatic rings. The van der Waals surface area contributed by atoms with Crippen LogP contribution in [0.15, 0.2) is 23.1 Å². The average Bonchev–Trinajstić information content (AvgIpc) is 2.64. The summed E-state index contributed by atoms with van der Waals surface area (Å²) in [7, 11) is -0.708. The van der Waals surface area contributed by atoms with Crippen LogP contribution < -0.4 is 20.5 Å². The molecule has 0 aliphatic carbocycles. The van der Waals surface area contributed by atoms with Crippen molar-refractivity contribution < 1.29 is 22.7 Å². The maximum atomic E-state index is 12.5. The predicted molar refractivity (Wildman–Crippen MR) is 104 cm³/mol. The molecule has 1 amide bonds. The topological polar surface area (TPSA) is 108 Å². The summed E-state index contributed by atoms with van der Waals surface area (Å²) < 4.78 is 35.2. The lowest BCUT2D eigenvalue weighted by Gasteiger charge is -2.31. The van der Waals surface area contributed by atoms with E-state index in [4.69, 9.17) is 15.2 Å². The zero-order valence-corrected chi connectivity index (χ0v) is 17.3. The van der Waals surface area contributed by atoms with Crippen molar-refractivity contribution in [2.75, 3.05) is 26.5 Å². The highest BCUT2D eigenvalue weighted by Crippen LogP contribution is 2.30. The molecule has 0 aliphatic heterocycles. The summed E-state index contributed by atoms with van der Waals surface area (Å²) >= 11 is 0. The highest BCUT2D eigenvalue weighted by molar-refractivity contribution is 7.91. The standard InChI is InChI=1S/C17H28N2O5S.ClH/c1-5-17(6-2,12-18)19-16(20)9-10-25(21,22)13-7-8-14(23-3)15(11-13)24-4;/h7-8,11H,5-6,9-10,12,18H2,1-4H3,(H,19,20);1H. The van der Waals surface area contributed by atoms with Gasteiger partial charge in [0, 0.05) is 19.0 Å². The number of ether oxygens (including phenoxy) is 2. The monoisotopic (exact) mass is 408 g/mol. The number of hydrogen-bond acceptors (Lipinski definition) is 6. The average molecular weight is 409 g/mol. The Labute approximate surface area is 162 Å². The second-order valence-electron chi connectivity index (χ2n) is 5.83. The highest BCUT2D eigenvalue weighted by Gasteiger charge is 2.27. The molecule has 150 valence electrons. The summed E-state index contributed by atoms with van der Waals surface area (Å²) in [6.07, 6.45) is 1.25. The van der Waals surface area contributed by atoms with Gasteiger partial charge in [-0.1, -0.05) is 13.8 Å². The van der Waals surface area contributed by atoms with Gasteiger partial charge in [-0.25, -0.2) is 8.42 Å². The van der Waals surface area contributed by atoms with E-state index in [2.05, 4.69) is 5.32 Å². The summed E-state index contributed by atoms with van der Waals surface area (Å²) in [5.74, 6) is 0.158. The van der Waals surface area contributed by atoms with Crippen LogP contribution in [0.4, 0.5) is 0 Å². The van der Waals surface area contributed by atoms with Crippen molar-refractivity contribution in [2.45, 2.75) is 43.5 Å². The minimum Gasteiger partial charge on any atom is -0.493 e. The van der Waals surface area contributed by atoms with Gasteiger partial charge in [-0.05, 0) is 25.0 Å². The first-order valence-corrected chi connectivity index (χ1v) is 9.88. The van der Waals surface area contributed by atoms with Crippen molar-refractivity contribution in [3.8, 4) is 11.5 Å². The molecule has 0 saturated heterocycles. The first kappa shape index (κ1) is 24.5. The molecule has 0 fully saturated rings. The molecule has 0 spiro atoms. The van der Waals surface area contributed by atoms with Crippen LogP contribution in [0.1, 0.15) is 33.1 Å². The normalized spacial score (nSPS) is 11.4. The van der Waals surface area contributed by atoms with Crippen molar-refractivity contribution in [1.82, 2.24) is 5.32 Å². The number of halogens is 1. The number of rotatable bonds is 10. The first-order chi connectivity index (χ1) is 11.8. The number of amides is 1. The summed E-state index contributed by atoms with van der Waals surface area (Å²) in [5.41, 5.74) is 5.27. The second-order valence-corrected chi connectivity index (χ2v) is 7.93. The number of nitrogens with one attached hydrogen (secondary N) is 1. The molecule has 0 unspecified atom stereocenters. The molecule has 0 aromatic heterocycles. The van der Waals surface area contributed by atoms with Crippen molar-refractivity contribution in [1.29, 1.82) is 0 Å². The van der Waals surface area contributed by atoms with E-state index in [1.54, 1.807) is 0 Å². The maximum absolute atomic E-state index is 12.5. The van der Waals surface area contributed by atoms with Gasteiger partial charge in [0.05, 0.1) is 30.4 Å². The minimum absolute atomic E-state index is 0. The fraction of sp³-hybridized carbons (Fsp3) is 0.588. The molecule has 0 aliphatic rings. The Bertz CT molecular complexity index is 682. The third-order valence-electron chi connectivity index (χ3n) is 4.46. The summed E-state index contributed by atoms with van der Waals surface area (Å²) in [5, 5.41) is 2.87. The molecule has 1 aromatic carbocycles. The SMILES string of the molecule is CCC(CC)(CN)NC(=O)CCS(=O)(=O)c1ccc(OC)c(OC)c1.Cl. The first-order valence-electron chi connectivity index (χ1n) is 8.23. The molecule has 0 heterocycles. The molecule has 1 rings (SSSR count). The fourth-order valence-electron chi connectivity index (χ4n) is 2.48. The van der Waals surface area contributed by atoms with E-state index in [-0.39, 0.29) is 35.4 Å². The number of methoxy groups -OCH3 is 2. The Kier molecular flexibility index (Phi) is 9.98. The van der Waals surface area contributed by atoms with E-state index in [1.165, 1.54) is 32.4 Å². The Hall–Kier alpha value is -1.51. The van der Waals surface area contributed by atoms with Crippen LogP contribution in [-0.2, 0) is 14.6 Å². The third kappa shape index (κ3) is 6.03. The largest absolute Gasteiger partial charge is 0.493 e. The molecule has 0 radical (unpaired) electrons. The van der Waals surface area contributed by atoms with Crippen LogP contribution in [0.5, 0.6) is 11.5 Å². The van der Waals surface area contributed by atoms with Gasteiger partial charge in [0.2, 0.25) is 5.91 Å². The lowest BCUT2D eigenvalue weighted by atomic mass is 9.93. The highest BCUT2D eigenvalue weighted by atomic mass is 35.5. The van der Waals surface area contributed by atoms with Gasteiger partial charge in [-0.2, -0.15) is 0 Å². The lowest BCUT2D eigenvalue weighted by Crippen LogP contribution is -2.53. The summed E-state index contributed by atoms with van der Waals surface area (Å²) in [4.78, 5) is 12.3. The predicted octanol–water partition coefficient (Wildman–Crippen LogP) is 1.92. The van der Waals surface area contributed by atoms with E-state index in [0.717, 1.165) is 0 Å². The molecule has 3 N–H and O–H groups in total. The van der Waals surface area contributed by atoms with E-state index >= 15 is 0 Å². The maximum Gasteiger partial charge on any atom is 0.221 e. The van der Waals surface area contributed by atoms with E-state index in [1.807, 2.05) is 13.8 Å². The quantitative estimate of drug-likeness (QED) is 0.612. The van der Waals surface area contributed by atoms with Crippen LogP contribution in [0.3, 0.4) is 0 Å². The van der Waals surface area contributed by atoms with Gasteiger partial charge in [0.15, 0.2) is 21.3 Å². The number of sulfone groups is 1. The van der Waals surface area contributed by atoms with Gasteiger partial charge in [-0.3, -0.25) is 4.79 Å². The molecule has 0 saturated carbocycles. The van der Waals surface area contributed by atoms with Gasteiger partial charge in [0.1, 0.15) is 0 Å². The molecule has 0 atom stereocenters. The van der Waals surface area contributed by atoms with Crippen LogP contribution in [0.25, 0.3) is 0 Å². The Morgan fingerprint density at radius 2 is 1.73 bits per heavy atom. The number of carbonyl (C=O) groups excluding carboxylic acids is 1. The smallest absolute Gasteiger partial charge is 0.221 e. The van der Waals surface area contributed by atoms with E-state index < -0.39 is 15.4 Å². The Morgan fingerprint density at radius 1 is 1.15 bits per heavy atom. The second kappa shape index (κ2) is 10.6. The van der Waals surface area contributed by atoms with E-state index in [0.29, 0.717) is 30.9 Å².